The van der Waals surface area contributed by atoms with E-state index in [4.69, 9.17) is 32.4 Å². The SMILES string of the molecule is COc1ccc(Cl)cc1NC(=O)C=Cc1ccc(-c2ccc(Cl)cc2)o1. The summed E-state index contributed by atoms with van der Waals surface area (Å²) in [5.74, 6) is 1.45. The fourth-order valence-electron chi connectivity index (χ4n) is 2.32. The van der Waals surface area contributed by atoms with E-state index in [0.717, 1.165) is 5.56 Å². The van der Waals surface area contributed by atoms with Crippen molar-refractivity contribution in [1.29, 1.82) is 0 Å². The van der Waals surface area contributed by atoms with Crippen LogP contribution in [0.4, 0.5) is 5.69 Å². The summed E-state index contributed by atoms with van der Waals surface area (Å²) in [6.45, 7) is 0. The van der Waals surface area contributed by atoms with Crippen LogP contribution in [0.2, 0.25) is 10.0 Å². The van der Waals surface area contributed by atoms with Gasteiger partial charge in [-0.05, 0) is 60.7 Å². The highest BCUT2D eigenvalue weighted by atomic mass is 35.5. The van der Waals surface area contributed by atoms with Crippen LogP contribution in [0.15, 0.2) is 65.1 Å². The van der Waals surface area contributed by atoms with Crippen LogP contribution >= 0.6 is 23.2 Å². The zero-order chi connectivity index (χ0) is 18.5. The lowest BCUT2D eigenvalue weighted by Gasteiger charge is -2.08. The van der Waals surface area contributed by atoms with Crippen LogP contribution < -0.4 is 10.1 Å². The van der Waals surface area contributed by atoms with Gasteiger partial charge in [0.2, 0.25) is 5.91 Å². The minimum absolute atomic E-state index is 0.324. The molecule has 6 heteroatoms. The number of carbonyl (C=O) groups is 1. The first-order valence-corrected chi connectivity index (χ1v) is 8.49. The number of hydrogen-bond donors (Lipinski definition) is 1. The number of furan rings is 1. The number of benzene rings is 2. The first kappa shape index (κ1) is 18.1. The number of nitrogens with one attached hydrogen (secondary N) is 1. The van der Waals surface area contributed by atoms with Gasteiger partial charge in [0.15, 0.2) is 0 Å². The summed E-state index contributed by atoms with van der Waals surface area (Å²) in [4.78, 5) is 12.1. The average molecular weight is 388 g/mol. The molecule has 0 unspecified atom stereocenters. The molecule has 132 valence electrons. The summed E-state index contributed by atoms with van der Waals surface area (Å²) in [6, 6.07) is 15.9. The lowest BCUT2D eigenvalue weighted by atomic mass is 10.2. The van der Waals surface area contributed by atoms with E-state index in [2.05, 4.69) is 5.32 Å². The summed E-state index contributed by atoms with van der Waals surface area (Å²) >= 11 is 11.8. The second-order valence-corrected chi connectivity index (χ2v) is 6.25. The van der Waals surface area contributed by atoms with Crippen LogP contribution in [0.1, 0.15) is 5.76 Å². The zero-order valence-electron chi connectivity index (χ0n) is 13.8. The molecule has 3 aromatic rings. The third-order valence-electron chi connectivity index (χ3n) is 3.57. The van der Waals surface area contributed by atoms with Crippen LogP contribution in [-0.2, 0) is 4.79 Å². The second-order valence-electron chi connectivity index (χ2n) is 5.38. The molecule has 1 amide bonds. The Morgan fingerprint density at radius 1 is 1.04 bits per heavy atom. The minimum Gasteiger partial charge on any atom is -0.495 e. The third kappa shape index (κ3) is 4.48. The van der Waals surface area contributed by atoms with E-state index in [1.54, 1.807) is 42.5 Å². The Hall–Kier alpha value is -2.69. The summed E-state index contributed by atoms with van der Waals surface area (Å²) in [7, 11) is 1.52. The van der Waals surface area contributed by atoms with Crippen LogP contribution in [0.25, 0.3) is 17.4 Å². The number of carbonyl (C=O) groups excluding carboxylic acids is 1. The van der Waals surface area contributed by atoms with E-state index in [1.807, 2.05) is 18.2 Å². The van der Waals surface area contributed by atoms with Crippen LogP contribution in [-0.4, -0.2) is 13.0 Å². The summed E-state index contributed by atoms with van der Waals surface area (Å²) in [6.07, 6.45) is 2.97. The van der Waals surface area contributed by atoms with E-state index in [1.165, 1.54) is 13.2 Å². The van der Waals surface area contributed by atoms with Crippen molar-refractivity contribution < 1.29 is 13.9 Å². The highest BCUT2D eigenvalue weighted by Gasteiger charge is 2.07. The lowest BCUT2D eigenvalue weighted by Crippen LogP contribution is -2.08. The first-order chi connectivity index (χ1) is 12.5. The molecule has 0 radical (unpaired) electrons. The predicted molar refractivity (Wildman–Crippen MR) is 105 cm³/mol. The lowest BCUT2D eigenvalue weighted by molar-refractivity contribution is -0.111. The zero-order valence-corrected chi connectivity index (χ0v) is 15.3. The molecule has 0 atom stereocenters. The third-order valence-corrected chi connectivity index (χ3v) is 4.06. The van der Waals surface area contributed by atoms with Crippen molar-refractivity contribution in [3.8, 4) is 17.1 Å². The topological polar surface area (TPSA) is 51.5 Å². The molecule has 2 aromatic carbocycles. The van der Waals surface area contributed by atoms with Gasteiger partial charge in [0.05, 0.1) is 12.8 Å². The van der Waals surface area contributed by atoms with Crippen molar-refractivity contribution in [2.75, 3.05) is 12.4 Å². The number of anilines is 1. The molecule has 0 saturated heterocycles. The van der Waals surface area contributed by atoms with Crippen molar-refractivity contribution in [3.63, 3.8) is 0 Å². The summed E-state index contributed by atoms with van der Waals surface area (Å²) in [5, 5.41) is 3.89. The number of rotatable bonds is 5. The Bertz CT molecular complexity index is 946. The Balaban J connectivity index is 1.69. The molecule has 0 spiro atoms. The molecule has 4 nitrogen and oxygen atoms in total. The van der Waals surface area contributed by atoms with Crippen molar-refractivity contribution in [1.82, 2.24) is 0 Å². The molecule has 0 aliphatic carbocycles. The number of ether oxygens (including phenoxy) is 1. The summed E-state index contributed by atoms with van der Waals surface area (Å²) < 4.78 is 10.9. The van der Waals surface area contributed by atoms with Crippen molar-refractivity contribution in [2.24, 2.45) is 0 Å². The van der Waals surface area contributed by atoms with Crippen LogP contribution in [0.3, 0.4) is 0 Å². The highest BCUT2D eigenvalue weighted by molar-refractivity contribution is 6.31. The van der Waals surface area contributed by atoms with Gasteiger partial charge < -0.3 is 14.5 Å². The maximum Gasteiger partial charge on any atom is 0.248 e. The largest absolute Gasteiger partial charge is 0.495 e. The van der Waals surface area contributed by atoms with E-state index in [9.17, 15) is 4.79 Å². The number of hydrogen-bond acceptors (Lipinski definition) is 3. The normalized spacial score (nSPS) is 10.9. The van der Waals surface area contributed by atoms with E-state index >= 15 is 0 Å². The van der Waals surface area contributed by atoms with Gasteiger partial charge in [-0.3, -0.25) is 4.79 Å². The van der Waals surface area contributed by atoms with Gasteiger partial charge in [-0.15, -0.1) is 0 Å². The first-order valence-electron chi connectivity index (χ1n) is 7.73. The predicted octanol–water partition coefficient (Wildman–Crippen LogP) is 5.91. The van der Waals surface area contributed by atoms with Crippen LogP contribution in [0, 0.1) is 0 Å². The molecule has 1 heterocycles. The molecule has 0 aliphatic heterocycles. The van der Waals surface area contributed by atoms with Gasteiger partial charge in [-0.1, -0.05) is 23.2 Å². The maximum atomic E-state index is 12.1. The van der Waals surface area contributed by atoms with E-state index < -0.39 is 0 Å². The number of methoxy groups -OCH3 is 1. The molecule has 0 bridgehead atoms. The van der Waals surface area contributed by atoms with Gasteiger partial charge in [-0.2, -0.15) is 0 Å². The van der Waals surface area contributed by atoms with Gasteiger partial charge >= 0.3 is 0 Å². The summed E-state index contributed by atoms with van der Waals surface area (Å²) in [5.41, 5.74) is 1.40. The molecule has 0 saturated carbocycles. The molecule has 3 rings (SSSR count). The van der Waals surface area contributed by atoms with Crippen molar-refractivity contribution in [2.45, 2.75) is 0 Å². The molecule has 26 heavy (non-hydrogen) atoms. The molecule has 1 N–H and O–H groups in total. The van der Waals surface area contributed by atoms with Gasteiger partial charge in [-0.25, -0.2) is 0 Å². The average Bonchev–Trinajstić information content (AvgIpc) is 3.10. The number of amides is 1. The van der Waals surface area contributed by atoms with Crippen LogP contribution in [0.5, 0.6) is 5.75 Å². The van der Waals surface area contributed by atoms with Gasteiger partial charge in [0.1, 0.15) is 17.3 Å². The molecular weight excluding hydrogens is 373 g/mol. The molecular formula is C20H15Cl2NO3. The minimum atomic E-state index is -0.324. The maximum absolute atomic E-state index is 12.1. The fraction of sp³-hybridized carbons (Fsp3) is 0.0500. The second kappa shape index (κ2) is 8.13. The Morgan fingerprint density at radius 2 is 1.77 bits per heavy atom. The fourth-order valence-corrected chi connectivity index (χ4v) is 2.62. The van der Waals surface area contributed by atoms with E-state index in [0.29, 0.717) is 33.0 Å². The van der Waals surface area contributed by atoms with Crippen molar-refractivity contribution in [3.05, 3.63) is 76.5 Å². The van der Waals surface area contributed by atoms with Crippen molar-refractivity contribution >= 4 is 40.9 Å². The monoisotopic (exact) mass is 387 g/mol. The Kier molecular flexibility index (Phi) is 5.66. The molecule has 0 aliphatic rings. The molecule has 1 aromatic heterocycles. The number of halogens is 2. The Labute approximate surface area is 161 Å². The standard InChI is InChI=1S/C20H15Cl2NO3/c1-25-19-9-6-15(22)12-17(19)23-20(24)11-8-16-7-10-18(26-16)13-2-4-14(21)5-3-13/h2-12H,1H3,(H,23,24). The molecule has 0 fully saturated rings. The Morgan fingerprint density at radius 3 is 2.50 bits per heavy atom. The van der Waals surface area contributed by atoms with Gasteiger partial charge in [0.25, 0.3) is 0 Å². The van der Waals surface area contributed by atoms with E-state index in [-0.39, 0.29) is 5.91 Å². The smallest absolute Gasteiger partial charge is 0.248 e. The highest BCUT2D eigenvalue weighted by Crippen LogP contribution is 2.28. The van der Waals surface area contributed by atoms with Gasteiger partial charge in [0, 0.05) is 21.7 Å². The quantitative estimate of drug-likeness (QED) is 0.553.